The fraction of sp³-hybridized carbons (Fsp3) is 0.727. The van der Waals surface area contributed by atoms with Gasteiger partial charge in [0.15, 0.2) is 6.29 Å². The monoisotopic (exact) mass is 228 g/mol. The van der Waals surface area contributed by atoms with Crippen molar-refractivity contribution in [3.8, 4) is 0 Å². The van der Waals surface area contributed by atoms with Crippen LogP contribution in [0.15, 0.2) is 11.8 Å². The van der Waals surface area contributed by atoms with Crippen molar-refractivity contribution in [1.82, 2.24) is 10.6 Å². The quantitative estimate of drug-likeness (QED) is 0.672. The number of hydrogen-bond donors (Lipinski definition) is 2. The van der Waals surface area contributed by atoms with Crippen LogP contribution >= 0.6 is 0 Å². The number of carbonyl (C=O) groups is 1. The van der Waals surface area contributed by atoms with Gasteiger partial charge in [-0.1, -0.05) is 5.57 Å². The van der Waals surface area contributed by atoms with Gasteiger partial charge in [0.25, 0.3) is 0 Å². The summed E-state index contributed by atoms with van der Waals surface area (Å²) in [4.78, 5) is 11.3. The van der Waals surface area contributed by atoms with Crippen LogP contribution in [-0.2, 0) is 9.47 Å². The van der Waals surface area contributed by atoms with Crippen molar-refractivity contribution in [2.75, 3.05) is 20.8 Å². The average Bonchev–Trinajstić information content (AvgIpc) is 3.11. The molecule has 1 aliphatic carbocycles. The Morgan fingerprint density at radius 2 is 2.06 bits per heavy atom. The van der Waals surface area contributed by atoms with E-state index in [1.807, 2.05) is 6.92 Å². The minimum atomic E-state index is -0.403. The number of allylic oxidation sites excluding steroid dienone is 1. The summed E-state index contributed by atoms with van der Waals surface area (Å²) in [5.74, 6) is 0.672. The van der Waals surface area contributed by atoms with Gasteiger partial charge >= 0.3 is 6.03 Å². The van der Waals surface area contributed by atoms with Gasteiger partial charge in [-0.15, -0.1) is 0 Å². The maximum absolute atomic E-state index is 11.3. The summed E-state index contributed by atoms with van der Waals surface area (Å²) >= 11 is 0. The summed E-state index contributed by atoms with van der Waals surface area (Å²) < 4.78 is 9.89. The molecule has 0 bridgehead atoms. The number of methoxy groups -OCH3 is 2. The van der Waals surface area contributed by atoms with E-state index in [9.17, 15) is 4.79 Å². The molecule has 0 aromatic rings. The molecular weight excluding hydrogens is 208 g/mol. The zero-order valence-corrected chi connectivity index (χ0v) is 10.1. The molecule has 16 heavy (non-hydrogen) atoms. The first-order valence-corrected chi connectivity index (χ1v) is 5.44. The number of rotatable bonds is 6. The highest BCUT2D eigenvalue weighted by atomic mass is 16.7. The van der Waals surface area contributed by atoms with Crippen LogP contribution in [0.5, 0.6) is 0 Å². The topological polar surface area (TPSA) is 59.6 Å². The lowest BCUT2D eigenvalue weighted by molar-refractivity contribution is -0.0971. The minimum absolute atomic E-state index is 0.237. The third-order valence-corrected chi connectivity index (χ3v) is 2.61. The normalized spacial score (nSPS) is 16.4. The highest BCUT2D eigenvalue weighted by Crippen LogP contribution is 2.35. The average molecular weight is 228 g/mol. The molecule has 0 unspecified atom stereocenters. The van der Waals surface area contributed by atoms with E-state index in [1.54, 1.807) is 6.20 Å². The number of amides is 2. The van der Waals surface area contributed by atoms with Crippen LogP contribution in [0.25, 0.3) is 0 Å². The van der Waals surface area contributed by atoms with Gasteiger partial charge in [0.1, 0.15) is 0 Å². The lowest BCUT2D eigenvalue weighted by Gasteiger charge is -2.13. The number of ether oxygens (including phenoxy) is 2. The van der Waals surface area contributed by atoms with E-state index in [1.165, 1.54) is 32.6 Å². The fourth-order valence-corrected chi connectivity index (χ4v) is 1.33. The maximum atomic E-state index is 11.3. The Morgan fingerprint density at radius 3 is 2.56 bits per heavy atom. The van der Waals surface area contributed by atoms with Crippen molar-refractivity contribution < 1.29 is 14.3 Å². The molecule has 1 saturated carbocycles. The van der Waals surface area contributed by atoms with E-state index < -0.39 is 6.29 Å². The first-order valence-electron chi connectivity index (χ1n) is 5.44. The number of urea groups is 1. The van der Waals surface area contributed by atoms with Crippen molar-refractivity contribution in [1.29, 1.82) is 0 Å². The van der Waals surface area contributed by atoms with Crippen molar-refractivity contribution in [3.63, 3.8) is 0 Å². The second-order valence-corrected chi connectivity index (χ2v) is 3.92. The van der Waals surface area contributed by atoms with Gasteiger partial charge < -0.3 is 20.1 Å². The standard InChI is InChI=1S/C11H20N2O3/c1-8(9-4-5-9)6-12-11(14)13-7-10(15-2)16-3/h6,9-10H,4-5,7H2,1-3H3,(H2,12,13,14)/b8-6+. The van der Waals surface area contributed by atoms with E-state index >= 15 is 0 Å². The van der Waals surface area contributed by atoms with Gasteiger partial charge in [-0.3, -0.25) is 0 Å². The van der Waals surface area contributed by atoms with Crippen LogP contribution in [0.4, 0.5) is 4.79 Å². The second-order valence-electron chi connectivity index (χ2n) is 3.92. The van der Waals surface area contributed by atoms with Gasteiger partial charge in [-0.25, -0.2) is 4.79 Å². The second kappa shape index (κ2) is 6.50. The SMILES string of the molecule is COC(CNC(=O)N/C=C(\C)C1CC1)OC. The third-order valence-electron chi connectivity index (χ3n) is 2.61. The van der Waals surface area contributed by atoms with E-state index in [4.69, 9.17) is 9.47 Å². The molecule has 1 fully saturated rings. The van der Waals surface area contributed by atoms with Crippen LogP contribution in [0.1, 0.15) is 19.8 Å². The third kappa shape index (κ3) is 4.63. The Balaban J connectivity index is 2.17. The molecule has 0 spiro atoms. The van der Waals surface area contributed by atoms with Crippen LogP contribution in [0, 0.1) is 5.92 Å². The fourth-order valence-electron chi connectivity index (χ4n) is 1.33. The zero-order chi connectivity index (χ0) is 12.0. The largest absolute Gasteiger partial charge is 0.354 e. The molecule has 5 heteroatoms. The van der Waals surface area contributed by atoms with Crippen molar-refractivity contribution in [2.24, 2.45) is 5.92 Å². The minimum Gasteiger partial charge on any atom is -0.354 e. The zero-order valence-electron chi connectivity index (χ0n) is 10.1. The first kappa shape index (κ1) is 13.0. The number of carbonyl (C=O) groups excluding carboxylic acids is 1. The molecule has 0 aromatic carbocycles. The Labute approximate surface area is 96.2 Å². The molecule has 0 heterocycles. The van der Waals surface area contributed by atoms with E-state index in [2.05, 4.69) is 10.6 Å². The van der Waals surface area contributed by atoms with Gasteiger partial charge in [0, 0.05) is 20.4 Å². The summed E-state index contributed by atoms with van der Waals surface area (Å²) in [7, 11) is 3.07. The van der Waals surface area contributed by atoms with E-state index in [0.717, 1.165) is 0 Å². The van der Waals surface area contributed by atoms with Crippen LogP contribution in [0.2, 0.25) is 0 Å². The van der Waals surface area contributed by atoms with Crippen molar-refractivity contribution in [3.05, 3.63) is 11.8 Å². The molecule has 0 saturated heterocycles. The summed E-state index contributed by atoms with van der Waals surface area (Å²) in [6.45, 7) is 2.36. The summed E-state index contributed by atoms with van der Waals surface area (Å²) in [6, 6.07) is -0.237. The smallest absolute Gasteiger partial charge is 0.318 e. The maximum Gasteiger partial charge on any atom is 0.318 e. The Morgan fingerprint density at radius 1 is 1.44 bits per heavy atom. The van der Waals surface area contributed by atoms with Gasteiger partial charge in [0.2, 0.25) is 0 Å². The Bertz CT molecular complexity index is 258. The molecule has 2 N–H and O–H groups in total. The molecule has 1 rings (SSSR count). The lowest BCUT2D eigenvalue weighted by Crippen LogP contribution is -2.38. The number of hydrogen-bond acceptors (Lipinski definition) is 3. The first-order chi connectivity index (χ1) is 7.67. The summed E-state index contributed by atoms with van der Waals surface area (Å²) in [6.07, 6.45) is 3.84. The van der Waals surface area contributed by atoms with E-state index in [0.29, 0.717) is 12.5 Å². The summed E-state index contributed by atoms with van der Waals surface area (Å²) in [5, 5.41) is 5.34. The molecule has 92 valence electrons. The van der Waals surface area contributed by atoms with Crippen molar-refractivity contribution in [2.45, 2.75) is 26.1 Å². The van der Waals surface area contributed by atoms with Crippen LogP contribution in [-0.4, -0.2) is 33.1 Å². The molecule has 5 nitrogen and oxygen atoms in total. The van der Waals surface area contributed by atoms with Gasteiger partial charge in [-0.2, -0.15) is 0 Å². The highest BCUT2D eigenvalue weighted by molar-refractivity contribution is 5.74. The van der Waals surface area contributed by atoms with E-state index in [-0.39, 0.29) is 6.03 Å². The molecule has 1 aliphatic rings. The van der Waals surface area contributed by atoms with Gasteiger partial charge in [-0.05, 0) is 25.7 Å². The summed E-state index contributed by atoms with van der Waals surface area (Å²) in [5.41, 5.74) is 1.23. The predicted molar refractivity (Wildman–Crippen MR) is 60.8 cm³/mol. The molecule has 0 aliphatic heterocycles. The van der Waals surface area contributed by atoms with Crippen LogP contribution < -0.4 is 10.6 Å². The highest BCUT2D eigenvalue weighted by Gasteiger charge is 2.22. The predicted octanol–water partition coefficient (Wildman–Crippen LogP) is 1.22. The Hall–Kier alpha value is -1.07. The lowest BCUT2D eigenvalue weighted by atomic mass is 10.2. The molecular formula is C11H20N2O3. The van der Waals surface area contributed by atoms with Crippen molar-refractivity contribution >= 4 is 6.03 Å². The molecule has 0 atom stereocenters. The molecule has 2 amide bonds. The molecule has 0 radical (unpaired) electrons. The van der Waals surface area contributed by atoms with Crippen LogP contribution in [0.3, 0.4) is 0 Å². The van der Waals surface area contributed by atoms with Gasteiger partial charge in [0.05, 0.1) is 6.54 Å². The Kier molecular flexibility index (Phi) is 5.28. The molecule has 0 aromatic heterocycles. The number of nitrogens with one attached hydrogen (secondary N) is 2.